The van der Waals surface area contributed by atoms with Crippen LogP contribution in [0, 0.1) is 0 Å². The Morgan fingerprint density at radius 1 is 0.714 bits per heavy atom. The minimum atomic E-state index is -4.67. The first-order valence-electron chi connectivity index (χ1n) is 17.3. The molecule has 0 spiro atoms. The number of benzene rings is 3. The van der Waals surface area contributed by atoms with Gasteiger partial charge in [0.25, 0.3) is 0 Å². The Bertz CT molecular complexity index is 1700. The highest BCUT2D eigenvalue weighted by Gasteiger charge is 2.16. The molecule has 56 heavy (non-hydrogen) atoms. The molecule has 0 radical (unpaired) electrons. The lowest BCUT2D eigenvalue weighted by Crippen LogP contribution is -2.28. The van der Waals surface area contributed by atoms with Crippen molar-refractivity contribution in [3.63, 3.8) is 0 Å². The standard InChI is InChI=1S/C16H19ClN2.2C10H15NO.C4H4O4.H2O4S/c1-19(2)12-10-15(16-5-3-4-11-18-16)13-6-8-14(17)9-7-13;2*1-8(11-2)10(12)9-6-4-3-5-7-9;5-3(6)1-2-4(7)8;1-5(2,3)4/h3-9,11,15H,10,12H2,1-2H3;2*3-8,10-12H,1-2H3;1-2H,(H,5,6)(H,7,8);(H2,1,2,3,4)/b;;;2-1-;. The molecule has 0 aliphatic heterocycles. The Morgan fingerprint density at radius 2 is 1.11 bits per heavy atom. The van der Waals surface area contributed by atoms with Gasteiger partial charge < -0.3 is 36.0 Å². The molecule has 4 rings (SSSR count). The number of aromatic nitrogens is 1. The number of rotatable bonds is 13. The molecule has 0 fully saturated rings. The van der Waals surface area contributed by atoms with Gasteiger partial charge >= 0.3 is 22.3 Å². The molecule has 1 aromatic heterocycles. The number of carboxylic acids is 2. The number of likely N-dealkylation sites (N-methyl/N-ethyl adjacent to an activating group) is 2. The number of pyridine rings is 1. The maximum atomic E-state index is 9.73. The van der Waals surface area contributed by atoms with Crippen molar-refractivity contribution >= 4 is 33.9 Å². The van der Waals surface area contributed by atoms with Crippen molar-refractivity contribution in [2.75, 3.05) is 34.7 Å². The average molecular weight is 819 g/mol. The first-order valence-corrected chi connectivity index (χ1v) is 19.0. The van der Waals surface area contributed by atoms with Crippen molar-refractivity contribution in [3.8, 4) is 0 Å². The van der Waals surface area contributed by atoms with Crippen LogP contribution < -0.4 is 10.6 Å². The molecular weight excluding hydrogens is 764 g/mol. The molecule has 5 unspecified atom stereocenters. The van der Waals surface area contributed by atoms with E-state index in [1.807, 2.05) is 119 Å². The summed E-state index contributed by atoms with van der Waals surface area (Å²) >= 11 is 5.97. The SMILES string of the molecule is CN(C)CCC(c1ccc(Cl)cc1)c1ccccn1.CNC(C)C(O)c1ccccc1.CNC(C)C(O)c1ccccc1.O=C(O)/C=C\C(=O)O.O=S(=O)(O)O. The summed E-state index contributed by atoms with van der Waals surface area (Å²) in [6.45, 7) is 4.94. The molecular formula is C40H55ClN4O10S. The molecule has 4 aromatic rings. The van der Waals surface area contributed by atoms with E-state index in [2.05, 4.69) is 52.8 Å². The predicted molar refractivity (Wildman–Crippen MR) is 219 cm³/mol. The van der Waals surface area contributed by atoms with E-state index < -0.39 is 34.5 Å². The second-order valence-corrected chi connectivity index (χ2v) is 13.6. The Labute approximate surface area is 335 Å². The maximum absolute atomic E-state index is 9.73. The molecule has 0 amide bonds. The topological polar surface area (TPSA) is 230 Å². The minimum Gasteiger partial charge on any atom is -0.478 e. The van der Waals surface area contributed by atoms with Gasteiger partial charge in [-0.25, -0.2) is 9.59 Å². The first-order chi connectivity index (χ1) is 26.3. The Hall–Kier alpha value is -4.55. The third kappa shape index (κ3) is 25.5. The van der Waals surface area contributed by atoms with Gasteiger partial charge in [-0.2, -0.15) is 8.42 Å². The average Bonchev–Trinajstić information content (AvgIpc) is 3.17. The fourth-order valence-corrected chi connectivity index (χ4v) is 4.61. The second-order valence-electron chi connectivity index (χ2n) is 12.3. The van der Waals surface area contributed by atoms with Crippen LogP contribution in [0.15, 0.2) is 121 Å². The Morgan fingerprint density at radius 3 is 1.43 bits per heavy atom. The van der Waals surface area contributed by atoms with Crippen LogP contribution in [0.5, 0.6) is 0 Å². The van der Waals surface area contributed by atoms with Crippen LogP contribution in [0.3, 0.4) is 0 Å². The number of carboxylic acid groups (broad SMARTS) is 2. The van der Waals surface area contributed by atoms with Crippen LogP contribution in [-0.4, -0.2) is 107 Å². The zero-order valence-electron chi connectivity index (χ0n) is 32.3. The monoisotopic (exact) mass is 818 g/mol. The van der Waals surface area contributed by atoms with Gasteiger partial charge in [0.15, 0.2) is 0 Å². The molecule has 1 heterocycles. The lowest BCUT2D eigenvalue weighted by Gasteiger charge is -2.19. The van der Waals surface area contributed by atoms with Gasteiger partial charge in [0.1, 0.15) is 0 Å². The smallest absolute Gasteiger partial charge is 0.394 e. The van der Waals surface area contributed by atoms with Gasteiger partial charge in [0.05, 0.1) is 12.2 Å². The fraction of sp³-hybridized carbons (Fsp3) is 0.325. The molecule has 0 aliphatic rings. The second kappa shape index (κ2) is 28.8. The number of hydrogen-bond acceptors (Lipinski definition) is 10. The molecule has 14 nitrogen and oxygen atoms in total. The van der Waals surface area contributed by atoms with Crippen LogP contribution in [0.4, 0.5) is 0 Å². The molecule has 8 N–H and O–H groups in total. The van der Waals surface area contributed by atoms with Gasteiger partial charge in [-0.05, 0) is 96.0 Å². The van der Waals surface area contributed by atoms with Crippen molar-refractivity contribution in [3.05, 3.63) is 149 Å². The Balaban J connectivity index is 0.000000721. The minimum absolute atomic E-state index is 0.0902. The highest BCUT2D eigenvalue weighted by molar-refractivity contribution is 7.79. The number of aliphatic carboxylic acids is 2. The quantitative estimate of drug-likeness (QED) is 0.0613. The van der Waals surface area contributed by atoms with Crippen molar-refractivity contribution in [1.82, 2.24) is 20.5 Å². The molecule has 308 valence electrons. The van der Waals surface area contributed by atoms with Gasteiger partial charge in [-0.15, -0.1) is 0 Å². The van der Waals surface area contributed by atoms with Gasteiger partial charge in [0, 0.05) is 47.1 Å². The van der Waals surface area contributed by atoms with Crippen LogP contribution in [0.1, 0.15) is 60.8 Å². The van der Waals surface area contributed by atoms with Gasteiger partial charge in [-0.3, -0.25) is 14.1 Å². The fourth-order valence-electron chi connectivity index (χ4n) is 4.49. The van der Waals surface area contributed by atoms with Crippen LogP contribution in [-0.2, 0) is 20.0 Å². The van der Waals surface area contributed by atoms with Crippen LogP contribution >= 0.6 is 11.6 Å². The third-order valence-corrected chi connectivity index (χ3v) is 7.94. The summed E-state index contributed by atoms with van der Waals surface area (Å²) in [5.41, 5.74) is 4.30. The van der Waals surface area contributed by atoms with Gasteiger partial charge in [0.2, 0.25) is 0 Å². The Kier molecular flexibility index (Phi) is 26.5. The summed E-state index contributed by atoms with van der Waals surface area (Å²) in [4.78, 5) is 25.8. The molecule has 0 bridgehead atoms. The zero-order valence-corrected chi connectivity index (χ0v) is 33.9. The van der Waals surface area contributed by atoms with E-state index >= 15 is 0 Å². The summed E-state index contributed by atoms with van der Waals surface area (Å²) in [6.07, 6.45) is 3.18. The van der Waals surface area contributed by atoms with E-state index in [4.69, 9.17) is 39.3 Å². The molecule has 0 saturated carbocycles. The summed E-state index contributed by atoms with van der Waals surface area (Å²) in [6, 6.07) is 33.7. The van der Waals surface area contributed by atoms with Crippen molar-refractivity contribution < 1.29 is 47.5 Å². The molecule has 5 atom stereocenters. The lowest BCUT2D eigenvalue weighted by atomic mass is 9.92. The number of halogens is 1. The normalized spacial score (nSPS) is 13.4. The molecule has 0 aliphatic carbocycles. The first kappa shape index (κ1) is 51.5. The van der Waals surface area contributed by atoms with Gasteiger partial charge in [-0.1, -0.05) is 90.5 Å². The molecule has 3 aromatic carbocycles. The van der Waals surface area contributed by atoms with E-state index in [0.29, 0.717) is 18.1 Å². The van der Waals surface area contributed by atoms with E-state index in [1.54, 1.807) is 0 Å². The number of aliphatic hydroxyl groups is 2. The summed E-state index contributed by atoms with van der Waals surface area (Å²) in [7, 11) is 3.21. The highest BCUT2D eigenvalue weighted by Crippen LogP contribution is 2.27. The highest BCUT2D eigenvalue weighted by atomic mass is 35.5. The largest absolute Gasteiger partial charge is 0.478 e. The third-order valence-electron chi connectivity index (χ3n) is 7.69. The van der Waals surface area contributed by atoms with E-state index in [9.17, 15) is 19.8 Å². The summed E-state index contributed by atoms with van der Waals surface area (Å²) < 4.78 is 31.6. The summed E-state index contributed by atoms with van der Waals surface area (Å²) in [5, 5.41) is 41.9. The van der Waals surface area contributed by atoms with Crippen molar-refractivity contribution in [2.45, 2.75) is 50.5 Å². The number of hydrogen-bond donors (Lipinski definition) is 8. The number of nitrogens with zero attached hydrogens (tertiary/aromatic N) is 2. The van der Waals surface area contributed by atoms with E-state index in [-0.39, 0.29) is 12.1 Å². The van der Waals surface area contributed by atoms with Crippen LogP contribution in [0.2, 0.25) is 5.02 Å². The summed E-state index contributed by atoms with van der Waals surface area (Å²) in [5.74, 6) is -2.19. The van der Waals surface area contributed by atoms with Crippen LogP contribution in [0.25, 0.3) is 0 Å². The van der Waals surface area contributed by atoms with E-state index in [1.165, 1.54) is 5.56 Å². The zero-order chi connectivity index (χ0) is 42.7. The van der Waals surface area contributed by atoms with E-state index in [0.717, 1.165) is 34.8 Å². The molecule has 0 saturated heterocycles. The number of aliphatic hydroxyl groups excluding tert-OH is 2. The molecule has 16 heteroatoms. The predicted octanol–water partition coefficient (Wildman–Crippen LogP) is 5.53. The van der Waals surface area contributed by atoms with Crippen molar-refractivity contribution in [2.24, 2.45) is 0 Å². The number of carbonyl (C=O) groups is 2. The maximum Gasteiger partial charge on any atom is 0.394 e. The van der Waals surface area contributed by atoms with Crippen molar-refractivity contribution in [1.29, 1.82) is 0 Å². The lowest BCUT2D eigenvalue weighted by molar-refractivity contribution is -0.134. The number of nitrogens with one attached hydrogen (secondary N) is 2.